The van der Waals surface area contributed by atoms with Crippen molar-refractivity contribution in [1.29, 1.82) is 0 Å². The number of nitrogens with zero attached hydrogens (tertiary/aromatic N) is 1. The molecule has 2 N–H and O–H groups in total. The van der Waals surface area contributed by atoms with Gasteiger partial charge in [-0.1, -0.05) is 5.57 Å². The Labute approximate surface area is 100 Å². The highest BCUT2D eigenvalue weighted by molar-refractivity contribution is 5.89. The van der Waals surface area contributed by atoms with Crippen molar-refractivity contribution in [3.05, 3.63) is 11.6 Å². The lowest BCUT2D eigenvalue weighted by Crippen LogP contribution is -2.67. The molecule has 0 aromatic carbocycles. The highest BCUT2D eigenvalue weighted by Crippen LogP contribution is 2.27. The molecule has 0 saturated carbocycles. The van der Waals surface area contributed by atoms with Crippen molar-refractivity contribution >= 4 is 11.9 Å². The maximum absolute atomic E-state index is 11.8. The van der Waals surface area contributed by atoms with Gasteiger partial charge < -0.3 is 9.47 Å². The lowest BCUT2D eigenvalue weighted by molar-refractivity contribution is -0.175. The van der Waals surface area contributed by atoms with Gasteiger partial charge in [0, 0.05) is 6.08 Å². The van der Waals surface area contributed by atoms with Gasteiger partial charge in [-0.05, 0) is 13.8 Å². The normalized spacial score (nSPS) is 16.7. The molecule has 1 fully saturated rings. The van der Waals surface area contributed by atoms with E-state index in [0.29, 0.717) is 0 Å². The van der Waals surface area contributed by atoms with Gasteiger partial charge in [0.2, 0.25) is 0 Å². The quantitative estimate of drug-likeness (QED) is 0.246. The van der Waals surface area contributed by atoms with Crippen LogP contribution in [0.5, 0.6) is 0 Å². The van der Waals surface area contributed by atoms with Crippen LogP contribution in [0.4, 0.5) is 0 Å². The van der Waals surface area contributed by atoms with Gasteiger partial charge in [-0.15, -0.1) is 0 Å². The third-order valence-corrected chi connectivity index (χ3v) is 2.60. The van der Waals surface area contributed by atoms with Crippen molar-refractivity contribution < 1.29 is 19.1 Å². The first-order valence-electron chi connectivity index (χ1n) is 5.29. The molecule has 1 rings (SSSR count). The fourth-order valence-electron chi connectivity index (χ4n) is 1.56. The molecular weight excluding hydrogens is 224 g/mol. The van der Waals surface area contributed by atoms with Gasteiger partial charge in [0.05, 0.1) is 26.7 Å². The smallest absolute Gasteiger partial charge is 0.308 e. The summed E-state index contributed by atoms with van der Waals surface area (Å²) in [6.45, 7) is 4.11. The standard InChI is InChI=1S/C11H18N2O4/c1-8(2)4-9(14)13(12)11(6-17-7-11)5-10(15)16-3/h4H,5-7,12H2,1-3H3. The fourth-order valence-corrected chi connectivity index (χ4v) is 1.56. The van der Waals surface area contributed by atoms with E-state index >= 15 is 0 Å². The highest BCUT2D eigenvalue weighted by atomic mass is 16.5. The number of nitrogens with two attached hydrogens (primary N) is 1. The summed E-state index contributed by atoms with van der Waals surface area (Å²) in [5, 5.41) is 1.07. The minimum atomic E-state index is -0.768. The molecule has 6 heteroatoms. The molecule has 0 unspecified atom stereocenters. The van der Waals surface area contributed by atoms with E-state index in [4.69, 9.17) is 10.6 Å². The largest absolute Gasteiger partial charge is 0.469 e. The molecule has 17 heavy (non-hydrogen) atoms. The van der Waals surface area contributed by atoms with Crippen LogP contribution in [0.2, 0.25) is 0 Å². The van der Waals surface area contributed by atoms with Crippen LogP contribution >= 0.6 is 0 Å². The molecule has 0 aromatic heterocycles. The van der Waals surface area contributed by atoms with Crippen molar-refractivity contribution in [3.8, 4) is 0 Å². The van der Waals surface area contributed by atoms with E-state index in [1.165, 1.54) is 13.2 Å². The summed E-state index contributed by atoms with van der Waals surface area (Å²) >= 11 is 0. The molecule has 1 amide bonds. The average Bonchev–Trinajstić information content (AvgIpc) is 2.21. The first kappa shape index (κ1) is 13.7. The number of hydrogen-bond donors (Lipinski definition) is 1. The van der Waals surface area contributed by atoms with E-state index < -0.39 is 11.5 Å². The zero-order valence-electron chi connectivity index (χ0n) is 10.4. The van der Waals surface area contributed by atoms with E-state index in [2.05, 4.69) is 4.74 Å². The third-order valence-electron chi connectivity index (χ3n) is 2.60. The minimum Gasteiger partial charge on any atom is -0.469 e. The van der Waals surface area contributed by atoms with Crippen LogP contribution in [0.1, 0.15) is 20.3 Å². The molecule has 0 aromatic rings. The molecule has 1 aliphatic rings. The first-order chi connectivity index (χ1) is 7.91. The monoisotopic (exact) mass is 242 g/mol. The van der Waals surface area contributed by atoms with Gasteiger partial charge in [-0.2, -0.15) is 0 Å². The van der Waals surface area contributed by atoms with E-state index in [1.54, 1.807) is 13.8 Å². The highest BCUT2D eigenvalue weighted by Gasteiger charge is 2.47. The van der Waals surface area contributed by atoms with Crippen molar-refractivity contribution in [2.24, 2.45) is 5.84 Å². The number of ether oxygens (including phenoxy) is 2. The Bertz CT molecular complexity index is 343. The number of hydrazine groups is 1. The molecule has 0 bridgehead atoms. The molecule has 0 atom stereocenters. The molecular formula is C11H18N2O4. The Morgan fingerprint density at radius 1 is 1.47 bits per heavy atom. The molecule has 1 heterocycles. The van der Waals surface area contributed by atoms with Crippen molar-refractivity contribution in [3.63, 3.8) is 0 Å². The Balaban J connectivity index is 2.76. The molecule has 1 aliphatic heterocycles. The van der Waals surface area contributed by atoms with Crippen LogP contribution in [0.25, 0.3) is 0 Å². The lowest BCUT2D eigenvalue weighted by Gasteiger charge is -2.46. The van der Waals surface area contributed by atoms with Crippen LogP contribution in [0.15, 0.2) is 11.6 Å². The maximum atomic E-state index is 11.8. The third kappa shape index (κ3) is 3.04. The molecule has 0 aliphatic carbocycles. The topological polar surface area (TPSA) is 81.9 Å². The van der Waals surface area contributed by atoms with Gasteiger partial charge in [0.25, 0.3) is 5.91 Å². The zero-order valence-corrected chi connectivity index (χ0v) is 10.4. The van der Waals surface area contributed by atoms with E-state index in [9.17, 15) is 9.59 Å². The van der Waals surface area contributed by atoms with Crippen LogP contribution < -0.4 is 5.84 Å². The van der Waals surface area contributed by atoms with Gasteiger partial charge >= 0.3 is 5.97 Å². The number of amides is 1. The van der Waals surface area contributed by atoms with Crippen LogP contribution in [-0.2, 0) is 19.1 Å². The molecule has 0 radical (unpaired) electrons. The van der Waals surface area contributed by atoms with E-state index in [0.717, 1.165) is 10.6 Å². The number of methoxy groups -OCH3 is 1. The number of carbonyl (C=O) groups is 2. The summed E-state index contributed by atoms with van der Waals surface area (Å²) in [5.74, 6) is 5.02. The second-order valence-electron chi connectivity index (χ2n) is 4.40. The fraction of sp³-hybridized carbons (Fsp3) is 0.636. The number of carbonyl (C=O) groups excluding carboxylic acids is 2. The maximum Gasteiger partial charge on any atom is 0.308 e. The van der Waals surface area contributed by atoms with Crippen molar-refractivity contribution in [1.82, 2.24) is 5.01 Å². The number of rotatable bonds is 4. The predicted molar refractivity (Wildman–Crippen MR) is 60.6 cm³/mol. The van der Waals surface area contributed by atoms with Gasteiger partial charge in [-0.3, -0.25) is 14.6 Å². The summed E-state index contributed by atoms with van der Waals surface area (Å²) in [7, 11) is 1.30. The van der Waals surface area contributed by atoms with Gasteiger partial charge in [0.1, 0.15) is 5.54 Å². The molecule has 0 spiro atoms. The Morgan fingerprint density at radius 2 is 2.06 bits per heavy atom. The molecule has 96 valence electrons. The number of allylic oxidation sites excluding steroid dienone is 1. The molecule has 6 nitrogen and oxygen atoms in total. The summed E-state index contributed by atoms with van der Waals surface area (Å²) in [4.78, 5) is 23.1. The second-order valence-corrected chi connectivity index (χ2v) is 4.40. The summed E-state index contributed by atoms with van der Waals surface area (Å²) in [5.41, 5.74) is 0.0785. The predicted octanol–water partition coefficient (Wildman–Crippen LogP) is -0.0130. The number of esters is 1. The summed E-state index contributed by atoms with van der Waals surface area (Å²) < 4.78 is 9.65. The van der Waals surface area contributed by atoms with Gasteiger partial charge in [0.15, 0.2) is 0 Å². The SMILES string of the molecule is COC(=O)CC1(N(N)C(=O)C=C(C)C)COC1. The van der Waals surface area contributed by atoms with Crippen LogP contribution in [0, 0.1) is 0 Å². The van der Waals surface area contributed by atoms with E-state index in [1.807, 2.05) is 0 Å². The van der Waals surface area contributed by atoms with Crippen molar-refractivity contribution in [2.75, 3.05) is 20.3 Å². The number of hydrogen-bond acceptors (Lipinski definition) is 5. The van der Waals surface area contributed by atoms with Crippen LogP contribution in [-0.4, -0.2) is 42.7 Å². The average molecular weight is 242 g/mol. The van der Waals surface area contributed by atoms with Gasteiger partial charge in [-0.25, -0.2) is 5.84 Å². The first-order valence-corrected chi connectivity index (χ1v) is 5.29. The summed E-state index contributed by atoms with van der Waals surface area (Å²) in [6, 6.07) is 0. The second kappa shape index (κ2) is 5.29. The van der Waals surface area contributed by atoms with Crippen molar-refractivity contribution in [2.45, 2.75) is 25.8 Å². The Kier molecular flexibility index (Phi) is 4.25. The van der Waals surface area contributed by atoms with Crippen LogP contribution in [0.3, 0.4) is 0 Å². The zero-order chi connectivity index (χ0) is 13.1. The van der Waals surface area contributed by atoms with E-state index in [-0.39, 0.29) is 25.5 Å². The Morgan fingerprint density at radius 3 is 2.41 bits per heavy atom. The Hall–Kier alpha value is -1.40. The minimum absolute atomic E-state index is 0.0440. The lowest BCUT2D eigenvalue weighted by atomic mass is 9.92. The summed E-state index contributed by atoms with van der Waals surface area (Å²) in [6.07, 6.45) is 1.47. The molecule has 1 saturated heterocycles.